The van der Waals surface area contributed by atoms with Crippen LogP contribution >= 0.6 is 15.9 Å². The molecule has 24 heavy (non-hydrogen) atoms. The van der Waals surface area contributed by atoms with Gasteiger partial charge in [0.1, 0.15) is 5.65 Å². The Labute approximate surface area is 147 Å². The van der Waals surface area contributed by atoms with E-state index in [9.17, 15) is 0 Å². The first kappa shape index (κ1) is 13.8. The first-order chi connectivity index (χ1) is 11.8. The fourth-order valence-electron chi connectivity index (χ4n) is 3.35. The molecule has 5 aromatic rings. The standard InChI is InChI=1S/C21H13BrN2/c22-15-11-10-14-12-18-17-8-4-5-9-20(17)24(16-6-2-1-3-7-16)21(18)23-19(14)13-15/h1-13H. The third kappa shape index (κ3) is 1.98. The summed E-state index contributed by atoms with van der Waals surface area (Å²) < 4.78 is 3.29. The lowest BCUT2D eigenvalue weighted by molar-refractivity contribution is 1.15. The fraction of sp³-hybridized carbons (Fsp3) is 0. The number of pyridine rings is 1. The van der Waals surface area contributed by atoms with E-state index in [1.165, 1.54) is 16.3 Å². The molecule has 0 amide bonds. The van der Waals surface area contributed by atoms with Crippen molar-refractivity contribution in [3.05, 3.63) is 83.3 Å². The minimum Gasteiger partial charge on any atom is -0.294 e. The maximum atomic E-state index is 4.99. The second-order valence-electron chi connectivity index (χ2n) is 5.88. The third-order valence-corrected chi connectivity index (χ3v) is 4.91. The predicted octanol–water partition coefficient (Wildman–Crippen LogP) is 6.09. The zero-order chi connectivity index (χ0) is 16.1. The Morgan fingerprint density at radius 1 is 0.750 bits per heavy atom. The van der Waals surface area contributed by atoms with Gasteiger partial charge in [-0.2, -0.15) is 0 Å². The summed E-state index contributed by atoms with van der Waals surface area (Å²) in [4.78, 5) is 4.99. The van der Waals surface area contributed by atoms with Crippen LogP contribution in [0.4, 0.5) is 0 Å². The van der Waals surface area contributed by atoms with Crippen molar-refractivity contribution in [2.45, 2.75) is 0 Å². The highest BCUT2D eigenvalue weighted by Crippen LogP contribution is 2.33. The molecule has 0 N–H and O–H groups in total. The van der Waals surface area contributed by atoms with E-state index in [0.29, 0.717) is 0 Å². The Morgan fingerprint density at radius 3 is 2.42 bits per heavy atom. The highest BCUT2D eigenvalue weighted by Gasteiger charge is 2.14. The third-order valence-electron chi connectivity index (χ3n) is 4.42. The molecule has 0 unspecified atom stereocenters. The lowest BCUT2D eigenvalue weighted by Gasteiger charge is -2.07. The number of halogens is 1. The maximum absolute atomic E-state index is 4.99. The first-order valence-corrected chi connectivity index (χ1v) is 8.65. The van der Waals surface area contributed by atoms with E-state index in [1.807, 2.05) is 6.07 Å². The molecule has 0 aliphatic carbocycles. The van der Waals surface area contributed by atoms with Gasteiger partial charge in [0, 0.05) is 26.3 Å². The van der Waals surface area contributed by atoms with Gasteiger partial charge in [-0.1, -0.05) is 58.4 Å². The van der Waals surface area contributed by atoms with Crippen LogP contribution in [0.1, 0.15) is 0 Å². The van der Waals surface area contributed by atoms with Crippen molar-refractivity contribution in [3.63, 3.8) is 0 Å². The molecule has 0 bridgehead atoms. The molecule has 0 fully saturated rings. The molecule has 0 atom stereocenters. The smallest absolute Gasteiger partial charge is 0.146 e. The van der Waals surface area contributed by atoms with Gasteiger partial charge in [-0.05, 0) is 36.4 Å². The van der Waals surface area contributed by atoms with E-state index in [4.69, 9.17) is 4.98 Å². The van der Waals surface area contributed by atoms with Gasteiger partial charge in [-0.15, -0.1) is 0 Å². The molecule has 0 saturated heterocycles. The number of rotatable bonds is 1. The van der Waals surface area contributed by atoms with Crippen LogP contribution < -0.4 is 0 Å². The van der Waals surface area contributed by atoms with Gasteiger partial charge in [-0.3, -0.25) is 4.57 Å². The molecule has 3 heteroatoms. The van der Waals surface area contributed by atoms with Crippen molar-refractivity contribution < 1.29 is 0 Å². The summed E-state index contributed by atoms with van der Waals surface area (Å²) in [6.45, 7) is 0. The molecule has 0 spiro atoms. The fourth-order valence-corrected chi connectivity index (χ4v) is 3.70. The van der Waals surface area contributed by atoms with Crippen LogP contribution in [0.2, 0.25) is 0 Å². The van der Waals surface area contributed by atoms with E-state index in [2.05, 4.69) is 93.3 Å². The zero-order valence-corrected chi connectivity index (χ0v) is 14.4. The van der Waals surface area contributed by atoms with Crippen molar-refractivity contribution in [1.82, 2.24) is 9.55 Å². The summed E-state index contributed by atoms with van der Waals surface area (Å²) in [7, 11) is 0. The summed E-state index contributed by atoms with van der Waals surface area (Å²) in [5, 5.41) is 3.57. The molecule has 114 valence electrons. The normalized spacial score (nSPS) is 11.5. The largest absolute Gasteiger partial charge is 0.294 e. The first-order valence-electron chi connectivity index (χ1n) is 7.86. The monoisotopic (exact) mass is 372 g/mol. The number of nitrogens with zero attached hydrogens (tertiary/aromatic N) is 2. The molecule has 0 aliphatic heterocycles. The number of hydrogen-bond donors (Lipinski definition) is 0. The van der Waals surface area contributed by atoms with Crippen LogP contribution in [0.3, 0.4) is 0 Å². The molecule has 0 saturated carbocycles. The van der Waals surface area contributed by atoms with Gasteiger partial charge in [0.05, 0.1) is 11.0 Å². The van der Waals surface area contributed by atoms with Gasteiger partial charge in [0.25, 0.3) is 0 Å². The van der Waals surface area contributed by atoms with E-state index in [1.54, 1.807) is 0 Å². The van der Waals surface area contributed by atoms with Crippen molar-refractivity contribution in [1.29, 1.82) is 0 Å². The van der Waals surface area contributed by atoms with E-state index in [-0.39, 0.29) is 0 Å². The van der Waals surface area contributed by atoms with Crippen molar-refractivity contribution in [2.75, 3.05) is 0 Å². The van der Waals surface area contributed by atoms with Crippen molar-refractivity contribution >= 4 is 48.8 Å². The molecule has 2 aromatic heterocycles. The lowest BCUT2D eigenvalue weighted by Crippen LogP contribution is -1.95. The molecule has 2 heterocycles. The zero-order valence-electron chi connectivity index (χ0n) is 12.8. The van der Waals surface area contributed by atoms with Crippen molar-refractivity contribution in [2.24, 2.45) is 0 Å². The average Bonchev–Trinajstić information content (AvgIpc) is 2.94. The number of fused-ring (bicyclic) bond motifs is 4. The lowest BCUT2D eigenvalue weighted by atomic mass is 10.1. The van der Waals surface area contributed by atoms with E-state index >= 15 is 0 Å². The van der Waals surface area contributed by atoms with E-state index < -0.39 is 0 Å². The van der Waals surface area contributed by atoms with Gasteiger partial charge < -0.3 is 0 Å². The predicted molar refractivity (Wildman–Crippen MR) is 104 cm³/mol. The summed E-state index contributed by atoms with van der Waals surface area (Å²) in [6.07, 6.45) is 0. The SMILES string of the molecule is Brc1ccc2cc3c4ccccc4n(-c4ccccc4)c3nc2c1. The maximum Gasteiger partial charge on any atom is 0.146 e. The molecule has 2 nitrogen and oxygen atoms in total. The summed E-state index contributed by atoms with van der Waals surface area (Å²) in [6, 6.07) is 27.4. The van der Waals surface area contributed by atoms with Crippen molar-refractivity contribution in [3.8, 4) is 5.69 Å². The highest BCUT2D eigenvalue weighted by atomic mass is 79.9. The average molecular weight is 373 g/mol. The topological polar surface area (TPSA) is 17.8 Å². The second kappa shape index (κ2) is 5.18. The molecular weight excluding hydrogens is 360 g/mol. The molecule has 0 radical (unpaired) electrons. The Kier molecular flexibility index (Phi) is 2.97. The molecular formula is C21H13BrN2. The number of hydrogen-bond acceptors (Lipinski definition) is 1. The Balaban J connectivity index is 2.01. The molecule has 5 rings (SSSR count). The quantitative estimate of drug-likeness (QED) is 0.347. The minimum absolute atomic E-state index is 0.994. The van der Waals surface area contributed by atoms with Crippen LogP contribution in [0.25, 0.3) is 38.5 Å². The summed E-state index contributed by atoms with van der Waals surface area (Å²) in [5.74, 6) is 0. The Bertz CT molecular complexity index is 1210. The summed E-state index contributed by atoms with van der Waals surface area (Å²) in [5.41, 5.74) is 4.30. The Morgan fingerprint density at radius 2 is 1.54 bits per heavy atom. The van der Waals surface area contributed by atoms with Crippen LogP contribution in [-0.4, -0.2) is 9.55 Å². The second-order valence-corrected chi connectivity index (χ2v) is 6.80. The van der Waals surface area contributed by atoms with Gasteiger partial charge in [0.15, 0.2) is 0 Å². The van der Waals surface area contributed by atoms with Gasteiger partial charge >= 0.3 is 0 Å². The number of benzene rings is 3. The van der Waals surface area contributed by atoms with Crippen LogP contribution in [0.5, 0.6) is 0 Å². The molecule has 3 aromatic carbocycles. The van der Waals surface area contributed by atoms with Crippen LogP contribution in [0.15, 0.2) is 83.3 Å². The van der Waals surface area contributed by atoms with Crippen LogP contribution in [0, 0.1) is 0 Å². The molecule has 0 aliphatic rings. The van der Waals surface area contributed by atoms with Gasteiger partial charge in [-0.25, -0.2) is 4.98 Å². The Hall–Kier alpha value is -2.65. The van der Waals surface area contributed by atoms with Gasteiger partial charge in [0.2, 0.25) is 0 Å². The number of aromatic nitrogens is 2. The minimum atomic E-state index is 0.994. The number of para-hydroxylation sites is 2. The van der Waals surface area contributed by atoms with Crippen LogP contribution in [-0.2, 0) is 0 Å². The van der Waals surface area contributed by atoms with E-state index in [0.717, 1.165) is 26.7 Å². The highest BCUT2D eigenvalue weighted by molar-refractivity contribution is 9.10. The summed E-state index contributed by atoms with van der Waals surface area (Å²) >= 11 is 3.55.